The van der Waals surface area contributed by atoms with Gasteiger partial charge in [-0.15, -0.1) is 16.2 Å². The van der Waals surface area contributed by atoms with Gasteiger partial charge in [0.15, 0.2) is 5.75 Å². The summed E-state index contributed by atoms with van der Waals surface area (Å²) in [7, 11) is 0. The van der Waals surface area contributed by atoms with Gasteiger partial charge in [0.1, 0.15) is 11.4 Å². The van der Waals surface area contributed by atoms with Gasteiger partial charge in [-0.3, -0.25) is 0 Å². The summed E-state index contributed by atoms with van der Waals surface area (Å²) in [4.78, 5) is 22.7. The van der Waals surface area contributed by atoms with Crippen molar-refractivity contribution in [2.24, 2.45) is 5.18 Å². The summed E-state index contributed by atoms with van der Waals surface area (Å²) in [5.74, 6) is 0.365. The van der Waals surface area contributed by atoms with Crippen LogP contribution in [0.5, 0.6) is 11.5 Å². The molecule has 4 aromatic rings. The van der Waals surface area contributed by atoms with Crippen LogP contribution in [0.1, 0.15) is 16.7 Å². The highest BCUT2D eigenvalue weighted by Crippen LogP contribution is 2.48. The SMILES string of the molecule is Cc1ccc(C)c(-c2sc3cc(N=O)ccc3c2Oc2ccc(/C=C/C(=O)O)cc2)c1. The monoisotopic (exact) mass is 429 g/mol. The zero-order valence-electron chi connectivity index (χ0n) is 17.0. The number of carbonyl (C=O) groups is 1. The number of rotatable bonds is 6. The molecule has 4 rings (SSSR count). The van der Waals surface area contributed by atoms with Crippen molar-refractivity contribution in [3.8, 4) is 21.9 Å². The predicted octanol–water partition coefficient (Wildman–Crippen LogP) is 7.47. The molecule has 1 aromatic heterocycles. The molecule has 0 saturated carbocycles. The van der Waals surface area contributed by atoms with Gasteiger partial charge in [-0.2, -0.15) is 0 Å². The van der Waals surface area contributed by atoms with Crippen LogP contribution in [0.15, 0.2) is 71.9 Å². The summed E-state index contributed by atoms with van der Waals surface area (Å²) in [6.07, 6.45) is 2.63. The lowest BCUT2D eigenvalue weighted by Crippen LogP contribution is -1.89. The second kappa shape index (κ2) is 8.53. The molecule has 6 heteroatoms. The normalized spacial score (nSPS) is 11.2. The van der Waals surface area contributed by atoms with Crippen molar-refractivity contribution >= 4 is 39.2 Å². The van der Waals surface area contributed by atoms with E-state index in [2.05, 4.69) is 37.2 Å². The summed E-state index contributed by atoms with van der Waals surface area (Å²) in [6.45, 7) is 4.11. The number of hydrogen-bond donors (Lipinski definition) is 1. The van der Waals surface area contributed by atoms with Crippen LogP contribution in [-0.2, 0) is 4.79 Å². The maximum absolute atomic E-state index is 11.0. The quantitative estimate of drug-likeness (QED) is 0.255. The van der Waals surface area contributed by atoms with E-state index in [1.54, 1.807) is 47.7 Å². The molecule has 1 heterocycles. The lowest BCUT2D eigenvalue weighted by molar-refractivity contribution is -0.131. The number of aliphatic carboxylic acids is 1. The summed E-state index contributed by atoms with van der Waals surface area (Å²) in [6, 6.07) is 18.8. The van der Waals surface area contributed by atoms with Gasteiger partial charge >= 0.3 is 5.97 Å². The highest BCUT2D eigenvalue weighted by molar-refractivity contribution is 7.22. The number of aryl methyl sites for hydroxylation is 2. The first-order chi connectivity index (χ1) is 14.9. The standard InChI is InChI=1S/C25H19NO4S/c1-15-3-4-16(2)21(13-15)25-24(20-11-8-18(26-29)14-22(20)31-25)30-19-9-5-17(6-10-19)7-12-23(27)28/h3-14H,1-2H3,(H,27,28)/b12-7+. The van der Waals surface area contributed by atoms with Crippen LogP contribution in [0.4, 0.5) is 5.69 Å². The number of carboxylic acids is 1. The van der Waals surface area contributed by atoms with Gasteiger partial charge < -0.3 is 9.84 Å². The predicted molar refractivity (Wildman–Crippen MR) is 125 cm³/mol. The molecular weight excluding hydrogens is 410 g/mol. The van der Waals surface area contributed by atoms with Crippen molar-refractivity contribution in [3.05, 3.63) is 88.3 Å². The van der Waals surface area contributed by atoms with E-state index in [-0.39, 0.29) is 0 Å². The fraction of sp³-hybridized carbons (Fsp3) is 0.0800. The van der Waals surface area contributed by atoms with Crippen LogP contribution in [0.2, 0.25) is 0 Å². The Morgan fingerprint density at radius 1 is 1.03 bits per heavy atom. The highest BCUT2D eigenvalue weighted by atomic mass is 32.1. The van der Waals surface area contributed by atoms with E-state index in [4.69, 9.17) is 9.84 Å². The molecule has 0 bridgehead atoms. The van der Waals surface area contributed by atoms with Gasteiger partial charge in [0.05, 0.1) is 4.88 Å². The first-order valence-electron chi connectivity index (χ1n) is 9.61. The molecule has 0 saturated heterocycles. The Hall–Kier alpha value is -3.77. The number of carboxylic acid groups (broad SMARTS) is 1. The minimum atomic E-state index is -0.993. The summed E-state index contributed by atoms with van der Waals surface area (Å²) >= 11 is 1.56. The fourth-order valence-electron chi connectivity index (χ4n) is 3.31. The van der Waals surface area contributed by atoms with E-state index < -0.39 is 5.97 Å². The van der Waals surface area contributed by atoms with Crippen LogP contribution >= 0.6 is 11.3 Å². The third kappa shape index (κ3) is 4.39. The summed E-state index contributed by atoms with van der Waals surface area (Å²) in [5.41, 5.74) is 4.50. The molecule has 0 amide bonds. The van der Waals surface area contributed by atoms with Crippen molar-refractivity contribution in [2.75, 3.05) is 0 Å². The summed E-state index contributed by atoms with van der Waals surface area (Å²) in [5, 5.41) is 12.7. The van der Waals surface area contributed by atoms with E-state index in [0.717, 1.165) is 49.0 Å². The lowest BCUT2D eigenvalue weighted by atomic mass is 10.0. The van der Waals surface area contributed by atoms with E-state index in [1.807, 2.05) is 6.07 Å². The second-order valence-electron chi connectivity index (χ2n) is 7.19. The molecular formula is C25H19NO4S. The Balaban J connectivity index is 1.81. The first kappa shape index (κ1) is 20.5. The average Bonchev–Trinajstić information content (AvgIpc) is 3.12. The molecule has 0 aliphatic heterocycles. The minimum Gasteiger partial charge on any atom is -0.478 e. The van der Waals surface area contributed by atoms with Gasteiger partial charge in [-0.1, -0.05) is 35.9 Å². The van der Waals surface area contributed by atoms with Crippen LogP contribution in [0.25, 0.3) is 26.6 Å². The van der Waals surface area contributed by atoms with Crippen molar-refractivity contribution in [1.29, 1.82) is 0 Å². The molecule has 0 fully saturated rings. The van der Waals surface area contributed by atoms with Gasteiger partial charge in [-0.25, -0.2) is 4.79 Å². The number of nitroso groups, excluding NO2 is 1. The Morgan fingerprint density at radius 3 is 2.52 bits per heavy atom. The zero-order valence-corrected chi connectivity index (χ0v) is 17.8. The molecule has 0 atom stereocenters. The first-order valence-corrected chi connectivity index (χ1v) is 10.4. The molecule has 3 aromatic carbocycles. The Labute approximate surface area is 183 Å². The third-order valence-corrected chi connectivity index (χ3v) is 6.06. The topological polar surface area (TPSA) is 76.0 Å². The highest BCUT2D eigenvalue weighted by Gasteiger charge is 2.18. The number of fused-ring (bicyclic) bond motifs is 1. The van der Waals surface area contributed by atoms with Gasteiger partial charge in [-0.05, 0) is 72.1 Å². The zero-order chi connectivity index (χ0) is 22.0. The molecule has 0 aliphatic carbocycles. The Bertz CT molecular complexity index is 1320. The summed E-state index contributed by atoms with van der Waals surface area (Å²) < 4.78 is 7.25. The van der Waals surface area contributed by atoms with Gasteiger partial charge in [0.25, 0.3) is 0 Å². The number of benzene rings is 3. The minimum absolute atomic E-state index is 0.377. The molecule has 0 aliphatic rings. The smallest absolute Gasteiger partial charge is 0.328 e. The Kier molecular flexibility index (Phi) is 5.64. The maximum Gasteiger partial charge on any atom is 0.328 e. The van der Waals surface area contributed by atoms with E-state index >= 15 is 0 Å². The maximum atomic E-state index is 11.0. The molecule has 1 N–H and O–H groups in total. The molecule has 5 nitrogen and oxygen atoms in total. The number of nitrogens with zero attached hydrogens (tertiary/aromatic N) is 1. The van der Waals surface area contributed by atoms with Crippen molar-refractivity contribution in [1.82, 2.24) is 0 Å². The third-order valence-electron chi connectivity index (χ3n) is 4.89. The van der Waals surface area contributed by atoms with Crippen LogP contribution in [0, 0.1) is 18.8 Å². The van der Waals surface area contributed by atoms with E-state index in [1.165, 1.54) is 6.08 Å². The van der Waals surface area contributed by atoms with Crippen molar-refractivity contribution < 1.29 is 14.6 Å². The van der Waals surface area contributed by atoms with Crippen molar-refractivity contribution in [2.45, 2.75) is 13.8 Å². The number of ether oxygens (including phenoxy) is 1. The number of thiophene rings is 1. The van der Waals surface area contributed by atoms with E-state index in [0.29, 0.717) is 11.4 Å². The molecule has 0 radical (unpaired) electrons. The second-order valence-corrected chi connectivity index (χ2v) is 8.25. The van der Waals surface area contributed by atoms with Crippen LogP contribution < -0.4 is 4.74 Å². The van der Waals surface area contributed by atoms with Crippen LogP contribution in [-0.4, -0.2) is 11.1 Å². The molecule has 154 valence electrons. The molecule has 0 unspecified atom stereocenters. The van der Waals surface area contributed by atoms with Gasteiger partial charge in [0, 0.05) is 16.2 Å². The van der Waals surface area contributed by atoms with E-state index in [9.17, 15) is 9.70 Å². The Morgan fingerprint density at radius 2 is 1.81 bits per heavy atom. The lowest BCUT2D eigenvalue weighted by Gasteiger charge is -2.11. The van der Waals surface area contributed by atoms with Crippen molar-refractivity contribution in [3.63, 3.8) is 0 Å². The van der Waals surface area contributed by atoms with Crippen LogP contribution in [0.3, 0.4) is 0 Å². The number of hydrogen-bond acceptors (Lipinski definition) is 5. The average molecular weight is 429 g/mol. The van der Waals surface area contributed by atoms with Gasteiger partial charge in [0.2, 0.25) is 0 Å². The fourth-order valence-corrected chi connectivity index (χ4v) is 4.55. The molecule has 0 spiro atoms. The largest absolute Gasteiger partial charge is 0.478 e. The molecule has 31 heavy (non-hydrogen) atoms.